The molecule has 0 aliphatic heterocycles. The quantitative estimate of drug-likeness (QED) is 0.105. The zero-order chi connectivity index (χ0) is 44.4. The lowest BCUT2D eigenvalue weighted by Crippen LogP contribution is -2.57. The maximum Gasteiger partial charge on any atom is 0.129 e. The first-order valence-electron chi connectivity index (χ1n) is 22.7. The summed E-state index contributed by atoms with van der Waals surface area (Å²) < 4.78 is 19.2. The lowest BCUT2D eigenvalue weighted by Gasteiger charge is -2.33. The molecule has 0 radical (unpaired) electrons. The van der Waals surface area contributed by atoms with Crippen LogP contribution in [0.3, 0.4) is 0 Å². The first kappa shape index (κ1) is 48.4. The van der Waals surface area contributed by atoms with Crippen molar-refractivity contribution in [3.63, 3.8) is 0 Å². The van der Waals surface area contributed by atoms with E-state index in [9.17, 15) is 0 Å². The molecular weight excluding hydrogens is 753 g/mol. The average Bonchev–Trinajstić information content (AvgIpc) is 3.17. The predicted octanol–water partition coefficient (Wildman–Crippen LogP) is 12.8. The normalized spacial score (nSPS) is 12.2. The summed E-state index contributed by atoms with van der Waals surface area (Å²) in [7, 11) is 1.84. The second-order valence-corrected chi connectivity index (χ2v) is 26.3. The third kappa shape index (κ3) is 10.1. The van der Waals surface area contributed by atoms with E-state index < -0.39 is 15.8 Å². The fraction of sp³-hybridized carbons (Fsp3) is 0.556. The topological polar surface area (TPSA) is 27.7 Å². The molecule has 4 aromatic carbocycles. The number of ether oxygens (including phenoxy) is 3. The van der Waals surface area contributed by atoms with Crippen molar-refractivity contribution in [2.24, 2.45) is 0 Å². The SMILES string of the molecule is COc1cc(OC)c([Si](c2c(C(C)C)cc(C(C)C)cc2C(C)C)=[Si](c2c(C(C)C)cc(C(C)C)cc2C(C)C)c2c(C(C)C)cc(C(C)C)cc2C(C)C)c(OC)c1. The molecule has 0 atom stereocenters. The van der Waals surface area contributed by atoms with Gasteiger partial charge in [0.2, 0.25) is 0 Å². The number of hydrogen-bond donors (Lipinski definition) is 0. The highest BCUT2D eigenvalue weighted by molar-refractivity contribution is 7.20. The van der Waals surface area contributed by atoms with Gasteiger partial charge < -0.3 is 14.2 Å². The molecule has 0 saturated carbocycles. The molecular formula is C54H80O3Si2. The third-order valence-corrected chi connectivity index (χ3v) is 21.6. The lowest BCUT2D eigenvalue weighted by atomic mass is 9.89. The Morgan fingerprint density at radius 1 is 0.288 bits per heavy atom. The third-order valence-electron chi connectivity index (χ3n) is 12.4. The average molecular weight is 833 g/mol. The summed E-state index contributed by atoms with van der Waals surface area (Å²) in [6.07, 6.45) is 0. The Hall–Kier alpha value is -3.29. The van der Waals surface area contributed by atoms with Crippen molar-refractivity contribution in [1.29, 1.82) is 0 Å². The molecule has 0 amide bonds. The van der Waals surface area contributed by atoms with E-state index in [0.717, 1.165) is 17.2 Å². The molecule has 5 heteroatoms. The Kier molecular flexibility index (Phi) is 16.4. The maximum atomic E-state index is 6.61. The van der Waals surface area contributed by atoms with Gasteiger partial charge in [0.15, 0.2) is 0 Å². The number of benzene rings is 4. The van der Waals surface area contributed by atoms with Crippen molar-refractivity contribution < 1.29 is 14.2 Å². The summed E-state index contributed by atoms with van der Waals surface area (Å²) >= 11 is 0. The van der Waals surface area contributed by atoms with Crippen LogP contribution in [0, 0.1) is 0 Å². The van der Waals surface area contributed by atoms with Crippen LogP contribution in [0.2, 0.25) is 0 Å². The van der Waals surface area contributed by atoms with Gasteiger partial charge in [-0.1, -0.05) is 161 Å². The molecule has 0 bridgehead atoms. The minimum atomic E-state index is -1.83. The van der Waals surface area contributed by atoms with Crippen molar-refractivity contribution in [3.8, 4) is 17.2 Å². The van der Waals surface area contributed by atoms with E-state index in [1.807, 2.05) is 14.2 Å². The predicted molar refractivity (Wildman–Crippen MR) is 262 cm³/mol. The smallest absolute Gasteiger partial charge is 0.129 e. The largest absolute Gasteiger partial charge is 0.496 e. The molecule has 0 fully saturated rings. The van der Waals surface area contributed by atoms with Crippen molar-refractivity contribution in [2.45, 2.75) is 178 Å². The van der Waals surface area contributed by atoms with Crippen LogP contribution in [-0.4, -0.2) is 37.1 Å². The summed E-state index contributed by atoms with van der Waals surface area (Å²) in [6, 6.07) is 19.8. The first-order chi connectivity index (χ1) is 27.6. The van der Waals surface area contributed by atoms with E-state index in [-0.39, 0.29) is 0 Å². The molecule has 59 heavy (non-hydrogen) atoms. The van der Waals surface area contributed by atoms with Gasteiger partial charge in [-0.25, -0.2) is 0 Å². The van der Waals surface area contributed by atoms with E-state index >= 15 is 0 Å². The fourth-order valence-corrected chi connectivity index (χ4v) is 21.3. The Labute approximate surface area is 364 Å². The molecule has 0 saturated heterocycles. The van der Waals surface area contributed by atoms with E-state index in [1.165, 1.54) is 55.3 Å². The summed E-state index contributed by atoms with van der Waals surface area (Å²) in [5, 5.41) is 5.99. The highest BCUT2D eigenvalue weighted by Gasteiger charge is 2.35. The van der Waals surface area contributed by atoms with Crippen LogP contribution in [0.15, 0.2) is 48.5 Å². The van der Waals surface area contributed by atoms with E-state index in [0.29, 0.717) is 53.3 Å². The lowest BCUT2D eigenvalue weighted by molar-refractivity contribution is 0.380. The van der Waals surface area contributed by atoms with Crippen molar-refractivity contribution in [3.05, 3.63) is 98.6 Å². The molecule has 0 unspecified atom stereocenters. The summed E-state index contributed by atoms with van der Waals surface area (Å²) in [4.78, 5) is 0. The molecule has 0 spiro atoms. The van der Waals surface area contributed by atoms with Gasteiger partial charge in [0.05, 0.1) is 37.1 Å². The summed E-state index contributed by atoms with van der Waals surface area (Å²) in [5.41, 5.74) is 13.3. The molecule has 0 N–H and O–H groups in total. The molecule has 3 nitrogen and oxygen atoms in total. The van der Waals surface area contributed by atoms with E-state index in [2.05, 4.69) is 173 Å². The van der Waals surface area contributed by atoms with Crippen LogP contribution in [0.1, 0.15) is 228 Å². The standard InChI is InChI=1S/C54H80O3Si2/c1-30(2)39-22-43(33(7)8)51(44(23-39)34(9)10)58(52-45(35(11)12)24-40(31(3)4)25-46(52)36(13)14)59(54-49(56-20)28-42(55-19)29-50(54)57-21)53-47(37(15)16)26-41(32(5)6)27-48(53)38(17)18/h22-38H,1-21H3. The van der Waals surface area contributed by atoms with E-state index in [1.54, 1.807) is 22.7 Å². The maximum absolute atomic E-state index is 6.61. The summed E-state index contributed by atoms with van der Waals surface area (Å²) in [6.45, 7) is 43.2. The molecule has 0 heterocycles. The molecule has 0 aromatic heterocycles. The zero-order valence-electron chi connectivity index (χ0n) is 41.0. The number of rotatable bonds is 16. The summed E-state index contributed by atoms with van der Waals surface area (Å²) in [5.74, 6) is 5.70. The van der Waals surface area contributed by atoms with Crippen LogP contribution in [-0.2, 0) is 0 Å². The van der Waals surface area contributed by atoms with Crippen LogP contribution < -0.4 is 35.0 Å². The monoisotopic (exact) mass is 833 g/mol. The molecule has 4 rings (SSSR count). The van der Waals surface area contributed by atoms with Crippen LogP contribution in [0.4, 0.5) is 0 Å². The second kappa shape index (κ2) is 20.1. The van der Waals surface area contributed by atoms with Crippen LogP contribution in [0.5, 0.6) is 17.2 Å². The zero-order valence-corrected chi connectivity index (χ0v) is 43.0. The van der Waals surface area contributed by atoms with Gasteiger partial charge in [-0.05, 0) is 119 Å². The Morgan fingerprint density at radius 2 is 0.508 bits per heavy atom. The van der Waals surface area contributed by atoms with Gasteiger partial charge in [0.1, 0.15) is 17.2 Å². The number of methoxy groups -OCH3 is 3. The van der Waals surface area contributed by atoms with Crippen LogP contribution in [0.25, 0.3) is 0 Å². The van der Waals surface area contributed by atoms with Gasteiger partial charge in [-0.3, -0.25) is 0 Å². The van der Waals surface area contributed by atoms with Gasteiger partial charge in [0, 0.05) is 17.3 Å². The Bertz CT molecular complexity index is 1940. The first-order valence-corrected chi connectivity index (χ1v) is 26.7. The molecule has 0 aliphatic rings. The van der Waals surface area contributed by atoms with Crippen LogP contribution >= 0.6 is 0 Å². The van der Waals surface area contributed by atoms with Crippen molar-refractivity contribution >= 4 is 36.5 Å². The highest BCUT2D eigenvalue weighted by Crippen LogP contribution is 2.33. The fourth-order valence-electron chi connectivity index (χ4n) is 8.74. The molecule has 4 aromatic rings. The van der Waals surface area contributed by atoms with Crippen molar-refractivity contribution in [2.75, 3.05) is 21.3 Å². The minimum absolute atomic E-state index is 0.314. The van der Waals surface area contributed by atoms with Gasteiger partial charge in [-0.2, -0.15) is 0 Å². The minimum Gasteiger partial charge on any atom is -0.496 e. The Balaban J connectivity index is 2.75. The molecule has 322 valence electrons. The van der Waals surface area contributed by atoms with Gasteiger partial charge in [-0.15, -0.1) is 0 Å². The molecule has 0 aliphatic carbocycles. The highest BCUT2D eigenvalue weighted by atomic mass is 28.9. The second-order valence-electron chi connectivity index (χ2n) is 19.8. The van der Waals surface area contributed by atoms with Gasteiger partial charge in [0.25, 0.3) is 0 Å². The van der Waals surface area contributed by atoms with E-state index in [4.69, 9.17) is 14.2 Å². The Morgan fingerprint density at radius 3 is 0.678 bits per heavy atom. The van der Waals surface area contributed by atoms with Gasteiger partial charge >= 0.3 is 0 Å². The van der Waals surface area contributed by atoms with Crippen molar-refractivity contribution in [1.82, 2.24) is 0 Å². The number of hydrogen-bond acceptors (Lipinski definition) is 3.